The summed E-state index contributed by atoms with van der Waals surface area (Å²) < 4.78 is 13.2. The molecule has 0 aromatic heterocycles. The molecule has 1 aromatic carbocycles. The highest BCUT2D eigenvalue weighted by molar-refractivity contribution is 5.78. The summed E-state index contributed by atoms with van der Waals surface area (Å²) in [5, 5.41) is 10.4. The maximum atomic E-state index is 13.2. The molecule has 1 N–H and O–H groups in total. The quantitative estimate of drug-likeness (QED) is 0.869. The van der Waals surface area contributed by atoms with Gasteiger partial charge in [-0.15, -0.1) is 0 Å². The first-order valence-corrected chi connectivity index (χ1v) is 8.91. The van der Waals surface area contributed by atoms with Crippen molar-refractivity contribution in [1.29, 1.82) is 0 Å². The summed E-state index contributed by atoms with van der Waals surface area (Å²) in [6, 6.07) is 4.50. The van der Waals surface area contributed by atoms with Crippen molar-refractivity contribution < 1.29 is 14.3 Å². The Balaban J connectivity index is 1.87. The fraction of sp³-hybridized carbons (Fsp3) is 0.632. The molecular weight excluding hydrogens is 307 g/mol. The first kappa shape index (κ1) is 18.9. The number of aliphatic hydroxyl groups is 1. The van der Waals surface area contributed by atoms with Gasteiger partial charge in [0, 0.05) is 25.6 Å². The van der Waals surface area contributed by atoms with Crippen LogP contribution in [-0.4, -0.2) is 53.5 Å². The van der Waals surface area contributed by atoms with E-state index in [4.69, 9.17) is 0 Å². The zero-order valence-electron chi connectivity index (χ0n) is 15.0. The van der Waals surface area contributed by atoms with Crippen LogP contribution >= 0.6 is 0 Å². The van der Waals surface area contributed by atoms with Crippen LogP contribution in [0.4, 0.5) is 4.39 Å². The molecule has 134 valence electrons. The van der Waals surface area contributed by atoms with Gasteiger partial charge in [-0.3, -0.25) is 4.79 Å². The van der Waals surface area contributed by atoms with E-state index in [1.54, 1.807) is 6.07 Å². The Labute approximate surface area is 144 Å². The molecule has 2 rings (SSSR count). The summed E-state index contributed by atoms with van der Waals surface area (Å²) in [4.78, 5) is 16.5. The predicted octanol–water partition coefficient (Wildman–Crippen LogP) is 2.75. The Morgan fingerprint density at radius 3 is 2.50 bits per heavy atom. The summed E-state index contributed by atoms with van der Waals surface area (Å²) >= 11 is 0. The first-order valence-electron chi connectivity index (χ1n) is 8.91. The molecule has 1 saturated heterocycles. The highest BCUT2D eigenvalue weighted by atomic mass is 19.1. The third kappa shape index (κ3) is 4.54. The average Bonchev–Trinajstić information content (AvgIpc) is 2.56. The number of likely N-dealkylation sites (tertiary alicyclic amines) is 1. The van der Waals surface area contributed by atoms with Gasteiger partial charge < -0.3 is 14.9 Å². The Morgan fingerprint density at radius 2 is 1.96 bits per heavy atom. The number of carbonyl (C=O) groups excluding carboxylic acids is 1. The van der Waals surface area contributed by atoms with Gasteiger partial charge in [-0.25, -0.2) is 4.39 Å². The fourth-order valence-corrected chi connectivity index (χ4v) is 3.51. The summed E-state index contributed by atoms with van der Waals surface area (Å²) in [5.74, 6) is 0.0830. The standard InChI is InChI=1S/C19H29FN2O2/c1-4-22(5-2)19(24)15-8-10-21(11-9-15)13-18(23)17-7-6-16(20)12-14(17)3/h6-7,12,15,18,23H,4-5,8-11,13H2,1-3H3. The molecule has 1 aliphatic rings. The van der Waals surface area contributed by atoms with E-state index >= 15 is 0 Å². The van der Waals surface area contributed by atoms with E-state index in [1.807, 2.05) is 25.7 Å². The molecule has 1 fully saturated rings. The van der Waals surface area contributed by atoms with E-state index in [0.29, 0.717) is 6.54 Å². The number of halogens is 1. The lowest BCUT2D eigenvalue weighted by Crippen LogP contribution is -2.43. The molecule has 1 atom stereocenters. The Kier molecular flexibility index (Phi) is 6.75. The monoisotopic (exact) mass is 336 g/mol. The van der Waals surface area contributed by atoms with Crippen molar-refractivity contribution in [3.63, 3.8) is 0 Å². The van der Waals surface area contributed by atoms with E-state index in [9.17, 15) is 14.3 Å². The van der Waals surface area contributed by atoms with E-state index in [2.05, 4.69) is 4.90 Å². The van der Waals surface area contributed by atoms with Crippen LogP contribution in [0.5, 0.6) is 0 Å². The van der Waals surface area contributed by atoms with Gasteiger partial charge in [0.2, 0.25) is 5.91 Å². The molecule has 1 heterocycles. The number of carbonyl (C=O) groups is 1. The van der Waals surface area contributed by atoms with Gasteiger partial charge in [0.05, 0.1) is 6.10 Å². The van der Waals surface area contributed by atoms with E-state index in [1.165, 1.54) is 12.1 Å². The van der Waals surface area contributed by atoms with Gasteiger partial charge >= 0.3 is 0 Å². The highest BCUT2D eigenvalue weighted by Crippen LogP contribution is 2.24. The zero-order valence-corrected chi connectivity index (χ0v) is 15.0. The largest absolute Gasteiger partial charge is 0.387 e. The highest BCUT2D eigenvalue weighted by Gasteiger charge is 2.28. The molecule has 1 aliphatic heterocycles. The van der Waals surface area contributed by atoms with Gasteiger partial charge in [-0.05, 0) is 70.0 Å². The lowest BCUT2D eigenvalue weighted by atomic mass is 9.94. The van der Waals surface area contributed by atoms with E-state index in [0.717, 1.165) is 50.1 Å². The van der Waals surface area contributed by atoms with Crippen molar-refractivity contribution in [3.05, 3.63) is 35.1 Å². The number of benzene rings is 1. The van der Waals surface area contributed by atoms with Crippen molar-refractivity contribution in [2.45, 2.75) is 39.7 Å². The molecule has 1 unspecified atom stereocenters. The van der Waals surface area contributed by atoms with Crippen molar-refractivity contribution in [1.82, 2.24) is 9.80 Å². The van der Waals surface area contributed by atoms with Crippen molar-refractivity contribution in [2.24, 2.45) is 5.92 Å². The van der Waals surface area contributed by atoms with E-state index in [-0.39, 0.29) is 17.6 Å². The maximum Gasteiger partial charge on any atom is 0.225 e. The molecule has 0 radical (unpaired) electrons. The van der Waals surface area contributed by atoms with Crippen molar-refractivity contribution in [3.8, 4) is 0 Å². The summed E-state index contributed by atoms with van der Waals surface area (Å²) in [6.45, 7) is 9.52. The zero-order chi connectivity index (χ0) is 17.7. The molecule has 0 aliphatic carbocycles. The van der Waals surface area contributed by atoms with Crippen molar-refractivity contribution in [2.75, 3.05) is 32.7 Å². The fourth-order valence-electron chi connectivity index (χ4n) is 3.51. The number of aryl methyl sites for hydroxylation is 1. The Morgan fingerprint density at radius 1 is 1.33 bits per heavy atom. The number of amides is 1. The third-order valence-electron chi connectivity index (χ3n) is 5.03. The number of aliphatic hydroxyl groups excluding tert-OH is 1. The van der Waals surface area contributed by atoms with E-state index < -0.39 is 6.10 Å². The number of β-amino-alcohol motifs (C(OH)–C–C–N with tert-alkyl or cyclic N) is 1. The smallest absolute Gasteiger partial charge is 0.225 e. The minimum Gasteiger partial charge on any atom is -0.387 e. The summed E-state index contributed by atoms with van der Waals surface area (Å²) in [5.41, 5.74) is 1.55. The minimum absolute atomic E-state index is 0.103. The molecule has 0 saturated carbocycles. The van der Waals surface area contributed by atoms with Gasteiger partial charge in [0.1, 0.15) is 5.82 Å². The molecule has 0 bridgehead atoms. The van der Waals surface area contributed by atoms with Gasteiger partial charge in [0.25, 0.3) is 0 Å². The first-order chi connectivity index (χ1) is 11.5. The maximum absolute atomic E-state index is 13.2. The number of nitrogens with zero attached hydrogens (tertiary/aromatic N) is 2. The molecule has 1 aromatic rings. The van der Waals surface area contributed by atoms with Crippen LogP contribution in [0.15, 0.2) is 18.2 Å². The van der Waals surface area contributed by atoms with Gasteiger partial charge in [0.15, 0.2) is 0 Å². The minimum atomic E-state index is -0.624. The number of piperidine rings is 1. The normalized spacial score (nSPS) is 17.7. The van der Waals surface area contributed by atoms with Gasteiger partial charge in [-0.1, -0.05) is 6.07 Å². The molecular formula is C19H29FN2O2. The van der Waals surface area contributed by atoms with Gasteiger partial charge in [-0.2, -0.15) is 0 Å². The molecule has 24 heavy (non-hydrogen) atoms. The molecule has 0 spiro atoms. The average molecular weight is 336 g/mol. The second-order valence-electron chi connectivity index (χ2n) is 6.60. The Hall–Kier alpha value is -1.46. The molecule has 4 nitrogen and oxygen atoms in total. The molecule has 1 amide bonds. The number of rotatable bonds is 6. The summed E-state index contributed by atoms with van der Waals surface area (Å²) in [7, 11) is 0. The van der Waals surface area contributed by atoms with Crippen LogP contribution in [0.1, 0.15) is 43.9 Å². The van der Waals surface area contributed by atoms with Crippen LogP contribution in [0, 0.1) is 18.7 Å². The lowest BCUT2D eigenvalue weighted by Gasteiger charge is -2.34. The van der Waals surface area contributed by atoms with Crippen LogP contribution in [-0.2, 0) is 4.79 Å². The van der Waals surface area contributed by atoms with Crippen LogP contribution < -0.4 is 0 Å². The van der Waals surface area contributed by atoms with Crippen LogP contribution in [0.3, 0.4) is 0 Å². The SMILES string of the molecule is CCN(CC)C(=O)C1CCN(CC(O)c2ccc(F)cc2C)CC1. The van der Waals surface area contributed by atoms with Crippen molar-refractivity contribution >= 4 is 5.91 Å². The topological polar surface area (TPSA) is 43.8 Å². The number of hydrogen-bond acceptors (Lipinski definition) is 3. The second-order valence-corrected chi connectivity index (χ2v) is 6.60. The predicted molar refractivity (Wildman–Crippen MR) is 93.2 cm³/mol. The second kappa shape index (κ2) is 8.58. The lowest BCUT2D eigenvalue weighted by molar-refractivity contribution is -0.136. The number of hydrogen-bond donors (Lipinski definition) is 1. The van der Waals surface area contributed by atoms with Crippen LogP contribution in [0.2, 0.25) is 0 Å². The summed E-state index contributed by atoms with van der Waals surface area (Å²) in [6.07, 6.45) is 1.05. The molecule has 5 heteroatoms. The Bertz CT molecular complexity index is 552. The van der Waals surface area contributed by atoms with Crippen LogP contribution in [0.25, 0.3) is 0 Å². The third-order valence-corrected chi connectivity index (χ3v) is 5.03.